The molecule has 1 N–H and O–H groups in total. The van der Waals surface area contributed by atoms with Gasteiger partial charge in [-0.2, -0.15) is 0 Å². The number of phenols is 1. The van der Waals surface area contributed by atoms with Crippen LogP contribution in [-0.4, -0.2) is 5.11 Å². The van der Waals surface area contributed by atoms with E-state index >= 15 is 0 Å². The number of halogens is 1. The monoisotopic (exact) mass is 141 g/mol. The standard InChI is InChI=1S/C7H6ClO/c1-5-4-6(8)2-3-7(5)9/h2-4,9H,1H2. The van der Waals surface area contributed by atoms with Crippen LogP contribution in [0, 0.1) is 6.92 Å². The summed E-state index contributed by atoms with van der Waals surface area (Å²) in [6.07, 6.45) is 0. The summed E-state index contributed by atoms with van der Waals surface area (Å²) < 4.78 is 0. The number of hydrogen-bond donors (Lipinski definition) is 1. The molecule has 2 heteroatoms. The molecule has 0 spiro atoms. The van der Waals surface area contributed by atoms with Crippen molar-refractivity contribution in [2.45, 2.75) is 0 Å². The van der Waals surface area contributed by atoms with Crippen LogP contribution in [0.1, 0.15) is 5.56 Å². The zero-order valence-electron chi connectivity index (χ0n) is 4.76. The van der Waals surface area contributed by atoms with Crippen LogP contribution < -0.4 is 0 Å². The molecular formula is C7H6ClO. The highest BCUT2D eigenvalue weighted by atomic mass is 35.5. The maximum absolute atomic E-state index is 8.92. The summed E-state index contributed by atoms with van der Waals surface area (Å²) in [4.78, 5) is 0. The Kier molecular flexibility index (Phi) is 1.63. The molecule has 0 aliphatic heterocycles. The second kappa shape index (κ2) is 2.28. The Morgan fingerprint density at radius 2 is 2.11 bits per heavy atom. The molecule has 0 saturated carbocycles. The number of phenolic OH excluding ortho intramolecular Hbond substituents is 1. The molecule has 0 saturated heterocycles. The van der Waals surface area contributed by atoms with Gasteiger partial charge in [-0.05, 0) is 30.7 Å². The van der Waals surface area contributed by atoms with Gasteiger partial charge in [0.15, 0.2) is 0 Å². The predicted octanol–water partition coefficient (Wildman–Crippen LogP) is 2.23. The molecule has 9 heavy (non-hydrogen) atoms. The van der Waals surface area contributed by atoms with Gasteiger partial charge in [0.1, 0.15) is 5.75 Å². The van der Waals surface area contributed by atoms with Crippen LogP contribution in [0.3, 0.4) is 0 Å². The number of rotatable bonds is 0. The molecule has 0 unspecified atom stereocenters. The van der Waals surface area contributed by atoms with Gasteiger partial charge >= 0.3 is 0 Å². The summed E-state index contributed by atoms with van der Waals surface area (Å²) >= 11 is 5.57. The molecule has 1 rings (SSSR count). The Balaban J connectivity index is 3.17. The molecule has 0 aliphatic carbocycles. The van der Waals surface area contributed by atoms with E-state index in [0.29, 0.717) is 10.6 Å². The largest absolute Gasteiger partial charge is 0.508 e. The normalized spacial score (nSPS) is 9.56. The van der Waals surface area contributed by atoms with Crippen molar-refractivity contribution in [3.63, 3.8) is 0 Å². The van der Waals surface area contributed by atoms with Gasteiger partial charge in [-0.25, -0.2) is 0 Å². The Morgan fingerprint density at radius 1 is 1.44 bits per heavy atom. The van der Waals surface area contributed by atoms with Gasteiger partial charge in [-0.3, -0.25) is 0 Å². The lowest BCUT2D eigenvalue weighted by Crippen LogP contribution is -1.71. The Morgan fingerprint density at radius 3 is 2.56 bits per heavy atom. The summed E-state index contributed by atoms with van der Waals surface area (Å²) in [5.74, 6) is 0.180. The van der Waals surface area contributed by atoms with Gasteiger partial charge < -0.3 is 5.11 Å². The number of aromatic hydroxyl groups is 1. The summed E-state index contributed by atoms with van der Waals surface area (Å²) in [6.45, 7) is 3.55. The zero-order chi connectivity index (χ0) is 6.85. The van der Waals surface area contributed by atoms with E-state index in [-0.39, 0.29) is 5.75 Å². The highest BCUT2D eigenvalue weighted by Gasteiger charge is 1.93. The van der Waals surface area contributed by atoms with Gasteiger partial charge in [0.25, 0.3) is 0 Å². The van der Waals surface area contributed by atoms with Crippen molar-refractivity contribution in [3.8, 4) is 5.75 Å². The van der Waals surface area contributed by atoms with E-state index in [0.717, 1.165) is 0 Å². The Hall–Kier alpha value is -0.690. The molecule has 0 fully saturated rings. The van der Waals surface area contributed by atoms with Crippen molar-refractivity contribution in [1.82, 2.24) is 0 Å². The number of hydrogen-bond acceptors (Lipinski definition) is 1. The van der Waals surface area contributed by atoms with E-state index in [1.54, 1.807) is 12.1 Å². The predicted molar refractivity (Wildman–Crippen MR) is 37.6 cm³/mol. The summed E-state index contributed by atoms with van der Waals surface area (Å²) in [7, 11) is 0. The summed E-state index contributed by atoms with van der Waals surface area (Å²) in [5, 5.41) is 9.52. The molecule has 0 aromatic heterocycles. The summed E-state index contributed by atoms with van der Waals surface area (Å²) in [6, 6.07) is 4.74. The molecule has 0 amide bonds. The second-order valence-electron chi connectivity index (χ2n) is 1.77. The molecule has 0 atom stereocenters. The minimum absolute atomic E-state index is 0.180. The van der Waals surface area contributed by atoms with Crippen LogP contribution >= 0.6 is 11.6 Å². The van der Waals surface area contributed by atoms with Crippen LogP contribution in [-0.2, 0) is 0 Å². The minimum atomic E-state index is 0.180. The molecule has 1 nitrogen and oxygen atoms in total. The first kappa shape index (κ1) is 6.43. The molecular weight excluding hydrogens is 136 g/mol. The maximum atomic E-state index is 8.92. The molecule has 0 bridgehead atoms. The third kappa shape index (κ3) is 1.36. The topological polar surface area (TPSA) is 20.2 Å². The minimum Gasteiger partial charge on any atom is -0.508 e. The number of benzene rings is 1. The zero-order valence-corrected chi connectivity index (χ0v) is 5.52. The van der Waals surface area contributed by atoms with Crippen LogP contribution in [0.15, 0.2) is 18.2 Å². The molecule has 1 aromatic carbocycles. The second-order valence-corrected chi connectivity index (χ2v) is 2.21. The van der Waals surface area contributed by atoms with E-state index in [2.05, 4.69) is 6.92 Å². The fourth-order valence-corrected chi connectivity index (χ4v) is 0.749. The van der Waals surface area contributed by atoms with Crippen molar-refractivity contribution in [3.05, 3.63) is 35.7 Å². The highest BCUT2D eigenvalue weighted by molar-refractivity contribution is 6.30. The third-order valence-corrected chi connectivity index (χ3v) is 1.28. The van der Waals surface area contributed by atoms with Gasteiger partial charge in [0.05, 0.1) is 0 Å². The lowest BCUT2D eigenvalue weighted by Gasteiger charge is -1.95. The molecule has 0 aliphatic rings. The van der Waals surface area contributed by atoms with Crippen LogP contribution in [0.2, 0.25) is 5.02 Å². The van der Waals surface area contributed by atoms with Gasteiger partial charge in [-0.15, -0.1) is 0 Å². The van der Waals surface area contributed by atoms with Crippen molar-refractivity contribution in [2.24, 2.45) is 0 Å². The van der Waals surface area contributed by atoms with E-state index in [9.17, 15) is 0 Å². The van der Waals surface area contributed by atoms with Crippen LogP contribution in [0.4, 0.5) is 0 Å². The first-order valence-electron chi connectivity index (χ1n) is 2.50. The van der Waals surface area contributed by atoms with E-state index in [1.807, 2.05) is 0 Å². The molecule has 0 heterocycles. The SMILES string of the molecule is [CH2]c1cc(Cl)ccc1O. The van der Waals surface area contributed by atoms with Gasteiger partial charge in [-0.1, -0.05) is 11.6 Å². The van der Waals surface area contributed by atoms with Crippen molar-refractivity contribution >= 4 is 11.6 Å². The van der Waals surface area contributed by atoms with Crippen LogP contribution in [0.25, 0.3) is 0 Å². The Labute approximate surface area is 58.9 Å². The van der Waals surface area contributed by atoms with E-state index in [4.69, 9.17) is 16.7 Å². The smallest absolute Gasteiger partial charge is 0.118 e. The quantitative estimate of drug-likeness (QED) is 0.588. The first-order chi connectivity index (χ1) is 4.20. The fraction of sp³-hybridized carbons (Fsp3) is 0. The molecule has 1 radical (unpaired) electrons. The van der Waals surface area contributed by atoms with Crippen LogP contribution in [0.5, 0.6) is 5.75 Å². The highest BCUT2D eigenvalue weighted by Crippen LogP contribution is 2.19. The van der Waals surface area contributed by atoms with Crippen molar-refractivity contribution < 1.29 is 5.11 Å². The van der Waals surface area contributed by atoms with E-state index < -0.39 is 0 Å². The maximum Gasteiger partial charge on any atom is 0.118 e. The van der Waals surface area contributed by atoms with Crippen molar-refractivity contribution in [2.75, 3.05) is 0 Å². The lowest BCUT2D eigenvalue weighted by molar-refractivity contribution is 0.473. The van der Waals surface area contributed by atoms with E-state index in [1.165, 1.54) is 6.07 Å². The fourth-order valence-electron chi connectivity index (χ4n) is 0.554. The molecule has 47 valence electrons. The molecule has 1 aromatic rings. The average molecular weight is 142 g/mol. The first-order valence-corrected chi connectivity index (χ1v) is 2.88. The lowest BCUT2D eigenvalue weighted by atomic mass is 10.2. The summed E-state index contributed by atoms with van der Waals surface area (Å²) in [5.41, 5.74) is 0.558. The Bertz CT molecular complexity index is 220. The third-order valence-electron chi connectivity index (χ3n) is 1.04. The van der Waals surface area contributed by atoms with Gasteiger partial charge in [0.2, 0.25) is 0 Å². The average Bonchev–Trinajstić information content (AvgIpc) is 1.80. The van der Waals surface area contributed by atoms with Crippen molar-refractivity contribution in [1.29, 1.82) is 0 Å². The van der Waals surface area contributed by atoms with Gasteiger partial charge in [0, 0.05) is 5.02 Å².